The van der Waals surface area contributed by atoms with Gasteiger partial charge >= 0.3 is 0 Å². The number of unbranched alkanes of at least 4 members (excludes halogenated alkanes) is 4. The van der Waals surface area contributed by atoms with Crippen molar-refractivity contribution in [2.75, 3.05) is 12.9 Å². The Hall–Kier alpha value is -4.17. The van der Waals surface area contributed by atoms with E-state index in [0.717, 1.165) is 46.6 Å². The summed E-state index contributed by atoms with van der Waals surface area (Å²) in [5, 5.41) is 2.92. The largest absolute Gasteiger partial charge is 0.494 e. The first-order valence-corrected chi connectivity index (χ1v) is 18.3. The number of hydrogen-bond donors (Lipinski definition) is 2. The first-order valence-electron chi connectivity index (χ1n) is 17.1. The monoisotopic (exact) mass is 668 g/mol. The number of carbonyl (C=O) groups excluding carboxylic acids is 2. The Kier molecular flexibility index (Phi) is 15.6. The van der Waals surface area contributed by atoms with Crippen molar-refractivity contribution in [2.24, 2.45) is 0 Å². The molecule has 256 valence electrons. The van der Waals surface area contributed by atoms with Gasteiger partial charge in [0.25, 0.3) is 11.8 Å². The molecule has 7 nitrogen and oxygen atoms in total. The zero-order chi connectivity index (χ0) is 34.9. The second-order valence-electron chi connectivity index (χ2n) is 12.5. The van der Waals surface area contributed by atoms with Crippen molar-refractivity contribution in [3.63, 3.8) is 0 Å². The van der Waals surface area contributed by atoms with Gasteiger partial charge in [0, 0.05) is 41.8 Å². The van der Waals surface area contributed by atoms with Gasteiger partial charge < -0.3 is 10.1 Å². The first-order chi connectivity index (χ1) is 23.2. The lowest BCUT2D eigenvalue weighted by atomic mass is 9.86. The Balaban J connectivity index is 0.00000307. The summed E-state index contributed by atoms with van der Waals surface area (Å²) >= 11 is 1.21. The lowest BCUT2D eigenvalue weighted by molar-refractivity contribution is -0.121. The maximum Gasteiger partial charge on any atom is 0.252 e. The summed E-state index contributed by atoms with van der Waals surface area (Å²) in [5.74, 6) is 0.949. The van der Waals surface area contributed by atoms with E-state index in [9.17, 15) is 9.59 Å². The van der Waals surface area contributed by atoms with Crippen molar-refractivity contribution in [1.29, 1.82) is 0 Å². The van der Waals surface area contributed by atoms with Crippen molar-refractivity contribution in [1.82, 2.24) is 20.0 Å². The second kappa shape index (κ2) is 19.6. The fraction of sp³-hybridized carbons (Fsp3) is 0.400. The van der Waals surface area contributed by atoms with Crippen LogP contribution in [0.4, 0.5) is 0 Å². The molecule has 2 N–H and O–H groups in total. The standard InChI is InChI=1S/C38H46N4O3S.C2H6/c1-6-7-8-9-10-23-45-33-21-17-28(18-22-33)31-25-39-35(40-26-31)29-13-11-27(12-14-29)24-34(37(44)42-46-5)41-36(43)30-15-19-32(20-16-30)38(2,3)4;1-2/h11-22,25-26,34H,6-10,23-24H2,1-5H3,(H,41,43)(H,42,44);1-2H3. The minimum Gasteiger partial charge on any atom is -0.494 e. The van der Waals surface area contributed by atoms with Crippen LogP contribution in [0.25, 0.3) is 22.5 Å². The minimum absolute atomic E-state index is 0.0102. The van der Waals surface area contributed by atoms with E-state index in [-0.39, 0.29) is 17.2 Å². The molecule has 0 fully saturated rings. The van der Waals surface area contributed by atoms with Crippen LogP contribution in [0.3, 0.4) is 0 Å². The predicted octanol–water partition coefficient (Wildman–Crippen LogP) is 9.22. The number of nitrogens with zero attached hydrogens (tertiary/aromatic N) is 2. The highest BCUT2D eigenvalue weighted by molar-refractivity contribution is 7.97. The van der Waals surface area contributed by atoms with Crippen LogP contribution in [-0.4, -0.2) is 40.7 Å². The highest BCUT2D eigenvalue weighted by Gasteiger charge is 2.22. The molecule has 1 heterocycles. The van der Waals surface area contributed by atoms with Crippen LogP contribution in [-0.2, 0) is 16.6 Å². The number of carbonyl (C=O) groups is 2. The summed E-state index contributed by atoms with van der Waals surface area (Å²) in [7, 11) is 0. The molecular formula is C40H52N4O3S. The van der Waals surface area contributed by atoms with Gasteiger partial charge in [-0.2, -0.15) is 0 Å². The van der Waals surface area contributed by atoms with Crippen molar-refractivity contribution in [3.05, 3.63) is 102 Å². The van der Waals surface area contributed by atoms with E-state index in [4.69, 9.17) is 4.74 Å². The summed E-state index contributed by atoms with van der Waals surface area (Å²) in [5.41, 5.74) is 5.38. The average molecular weight is 669 g/mol. The second-order valence-corrected chi connectivity index (χ2v) is 13.1. The van der Waals surface area contributed by atoms with Gasteiger partial charge in [-0.25, -0.2) is 9.97 Å². The van der Waals surface area contributed by atoms with E-state index >= 15 is 0 Å². The van der Waals surface area contributed by atoms with Crippen LogP contribution >= 0.6 is 11.9 Å². The SMILES string of the molecule is CC.CCCCCCCOc1ccc(-c2cnc(-c3ccc(CC(NC(=O)c4ccc(C(C)(C)C)cc4)C(=O)NSC)cc3)nc2)cc1. The van der Waals surface area contributed by atoms with Crippen LogP contribution in [0.5, 0.6) is 5.75 Å². The molecule has 0 saturated heterocycles. The van der Waals surface area contributed by atoms with Gasteiger partial charge in [-0.15, -0.1) is 0 Å². The van der Waals surface area contributed by atoms with E-state index in [2.05, 4.69) is 47.7 Å². The lowest BCUT2D eigenvalue weighted by Crippen LogP contribution is -2.46. The Bertz CT molecular complexity index is 1530. The molecule has 1 atom stereocenters. The molecule has 2 amide bonds. The van der Waals surface area contributed by atoms with Gasteiger partial charge in [0.15, 0.2) is 5.82 Å². The minimum atomic E-state index is -0.730. The lowest BCUT2D eigenvalue weighted by Gasteiger charge is -2.20. The molecule has 0 saturated carbocycles. The molecule has 0 spiro atoms. The van der Waals surface area contributed by atoms with E-state index in [1.165, 1.54) is 37.6 Å². The van der Waals surface area contributed by atoms with Gasteiger partial charge in [0.1, 0.15) is 11.8 Å². The van der Waals surface area contributed by atoms with Crippen molar-refractivity contribution in [3.8, 4) is 28.3 Å². The molecule has 4 rings (SSSR count). The zero-order valence-corrected chi connectivity index (χ0v) is 30.5. The van der Waals surface area contributed by atoms with E-state index in [1.807, 2.05) is 86.9 Å². The maximum atomic E-state index is 13.1. The molecule has 0 aliphatic rings. The summed E-state index contributed by atoms with van der Waals surface area (Å²) in [4.78, 5) is 35.1. The highest BCUT2D eigenvalue weighted by Crippen LogP contribution is 2.24. The Morgan fingerprint density at radius 2 is 1.40 bits per heavy atom. The van der Waals surface area contributed by atoms with Gasteiger partial charge in [-0.3, -0.25) is 14.3 Å². The molecule has 8 heteroatoms. The van der Waals surface area contributed by atoms with E-state index < -0.39 is 6.04 Å². The highest BCUT2D eigenvalue weighted by atomic mass is 32.2. The Morgan fingerprint density at radius 3 is 1.98 bits per heavy atom. The fourth-order valence-electron chi connectivity index (χ4n) is 5.04. The quantitative estimate of drug-likeness (QED) is 0.0969. The first kappa shape index (κ1) is 38.3. The van der Waals surface area contributed by atoms with Crippen LogP contribution in [0.1, 0.15) is 95.1 Å². The fourth-order valence-corrected chi connectivity index (χ4v) is 5.38. The average Bonchev–Trinajstić information content (AvgIpc) is 3.11. The van der Waals surface area contributed by atoms with Crippen molar-refractivity contribution < 1.29 is 14.3 Å². The smallest absolute Gasteiger partial charge is 0.252 e. The van der Waals surface area contributed by atoms with Crippen molar-refractivity contribution >= 4 is 23.8 Å². The van der Waals surface area contributed by atoms with Crippen LogP contribution in [0.2, 0.25) is 0 Å². The predicted molar refractivity (Wildman–Crippen MR) is 200 cm³/mol. The van der Waals surface area contributed by atoms with Crippen molar-refractivity contribution in [2.45, 2.75) is 91.5 Å². The number of hydrogen-bond acceptors (Lipinski definition) is 6. The summed E-state index contributed by atoms with van der Waals surface area (Å²) < 4.78 is 8.65. The third-order valence-electron chi connectivity index (χ3n) is 7.85. The van der Waals surface area contributed by atoms with Gasteiger partial charge in [-0.05, 0) is 52.8 Å². The number of benzene rings is 3. The molecule has 0 aliphatic carbocycles. The third-order valence-corrected chi connectivity index (χ3v) is 8.25. The Labute approximate surface area is 291 Å². The number of rotatable bonds is 15. The Morgan fingerprint density at radius 1 is 0.792 bits per heavy atom. The van der Waals surface area contributed by atoms with Crippen LogP contribution < -0.4 is 14.8 Å². The van der Waals surface area contributed by atoms with E-state index in [0.29, 0.717) is 17.8 Å². The van der Waals surface area contributed by atoms with Gasteiger partial charge in [-0.1, -0.05) is 128 Å². The molecule has 1 aromatic heterocycles. The summed E-state index contributed by atoms with van der Waals surface area (Å²) in [6, 6.07) is 22.6. The molecule has 48 heavy (non-hydrogen) atoms. The molecule has 0 bridgehead atoms. The zero-order valence-electron chi connectivity index (χ0n) is 29.6. The van der Waals surface area contributed by atoms with E-state index in [1.54, 1.807) is 18.4 Å². The summed E-state index contributed by atoms with van der Waals surface area (Å²) in [6.07, 6.45) is 11.9. The van der Waals surface area contributed by atoms with Crippen LogP contribution in [0, 0.1) is 0 Å². The number of nitrogens with one attached hydrogen (secondary N) is 2. The molecule has 0 aliphatic heterocycles. The molecule has 0 radical (unpaired) electrons. The normalized spacial score (nSPS) is 11.6. The third kappa shape index (κ3) is 11.8. The maximum absolute atomic E-state index is 13.1. The van der Waals surface area contributed by atoms with Gasteiger partial charge in [0.2, 0.25) is 0 Å². The van der Waals surface area contributed by atoms with Gasteiger partial charge in [0.05, 0.1) is 6.61 Å². The number of aromatic nitrogens is 2. The molecule has 1 unspecified atom stereocenters. The number of ether oxygens (including phenoxy) is 1. The molecular weight excluding hydrogens is 617 g/mol. The topological polar surface area (TPSA) is 93.2 Å². The molecule has 4 aromatic rings. The van der Waals surface area contributed by atoms with Crippen LogP contribution in [0.15, 0.2) is 85.2 Å². The molecule has 3 aromatic carbocycles. The summed E-state index contributed by atoms with van der Waals surface area (Å²) in [6.45, 7) is 13.4. The number of amides is 2.